The van der Waals surface area contributed by atoms with Crippen LogP contribution in [-0.4, -0.2) is 59.9 Å². The van der Waals surface area contributed by atoms with Crippen molar-refractivity contribution in [2.75, 3.05) is 39.5 Å². The molecule has 19 heavy (non-hydrogen) atoms. The first-order chi connectivity index (χ1) is 9.14. The van der Waals surface area contributed by atoms with Crippen LogP contribution in [0.5, 0.6) is 5.75 Å². The zero-order chi connectivity index (χ0) is 15.4. The van der Waals surface area contributed by atoms with Gasteiger partial charge in [0.1, 0.15) is 5.75 Å². The highest BCUT2D eigenvalue weighted by Gasteiger charge is 1.74. The summed E-state index contributed by atoms with van der Waals surface area (Å²) in [5.41, 5.74) is 14.3. The fourth-order valence-corrected chi connectivity index (χ4v) is 0.428. The van der Waals surface area contributed by atoms with E-state index >= 15 is 0 Å². The molecule has 114 valence electrons. The maximum Gasteiger partial charge on any atom is 0.115 e. The number of aliphatic hydroxyl groups excluding tert-OH is 3. The quantitative estimate of drug-likeness (QED) is 0.343. The smallest absolute Gasteiger partial charge is 0.115 e. The van der Waals surface area contributed by atoms with Crippen LogP contribution >= 0.6 is 0 Å². The second kappa shape index (κ2) is 25.6. The molecule has 1 aromatic carbocycles. The van der Waals surface area contributed by atoms with Gasteiger partial charge in [0.2, 0.25) is 0 Å². The van der Waals surface area contributed by atoms with Gasteiger partial charge in [-0.05, 0) is 12.1 Å². The van der Waals surface area contributed by atoms with Crippen LogP contribution in [0.15, 0.2) is 30.3 Å². The van der Waals surface area contributed by atoms with Crippen LogP contribution in [0.25, 0.3) is 0 Å². The van der Waals surface area contributed by atoms with Crippen molar-refractivity contribution < 1.29 is 20.4 Å². The van der Waals surface area contributed by atoms with Crippen LogP contribution in [0.2, 0.25) is 0 Å². The number of phenols is 1. The Morgan fingerprint density at radius 2 is 0.947 bits per heavy atom. The molecule has 0 bridgehead atoms. The molecule has 0 atom stereocenters. The Kier molecular flexibility index (Phi) is 30.9. The second-order valence-electron chi connectivity index (χ2n) is 2.87. The van der Waals surface area contributed by atoms with Crippen LogP contribution in [0.1, 0.15) is 0 Å². The number of rotatable bonds is 3. The molecule has 0 unspecified atom stereocenters. The number of nitrogens with two attached hydrogens (primary N) is 3. The van der Waals surface area contributed by atoms with Crippen LogP contribution in [0.4, 0.5) is 0 Å². The molecule has 0 aliphatic heterocycles. The van der Waals surface area contributed by atoms with E-state index in [2.05, 4.69) is 0 Å². The number of aromatic hydroxyl groups is 1. The third-order valence-corrected chi connectivity index (χ3v) is 1.14. The van der Waals surface area contributed by atoms with E-state index in [0.717, 1.165) is 0 Å². The Balaban J connectivity index is -0.000000189. The molecule has 0 spiro atoms. The molecule has 1 aromatic rings. The maximum absolute atomic E-state index is 8.63. The van der Waals surface area contributed by atoms with Crippen molar-refractivity contribution in [1.29, 1.82) is 0 Å². The number of para-hydroxylation sites is 1. The van der Waals surface area contributed by atoms with Gasteiger partial charge in [-0.3, -0.25) is 0 Å². The highest BCUT2D eigenvalue weighted by atomic mass is 16.3. The second-order valence-corrected chi connectivity index (χ2v) is 2.87. The summed E-state index contributed by atoms with van der Waals surface area (Å²) in [6.45, 7) is 1.42. The fraction of sp³-hybridized carbons (Fsp3) is 0.500. The van der Waals surface area contributed by atoms with E-state index in [1.165, 1.54) is 0 Å². The molecule has 7 heteroatoms. The molecule has 0 aliphatic rings. The zero-order valence-corrected chi connectivity index (χ0v) is 11.2. The van der Waals surface area contributed by atoms with Gasteiger partial charge in [-0.25, -0.2) is 0 Å². The molecule has 0 aliphatic carbocycles. The van der Waals surface area contributed by atoms with Gasteiger partial charge in [0.25, 0.3) is 0 Å². The van der Waals surface area contributed by atoms with Crippen molar-refractivity contribution in [3.63, 3.8) is 0 Å². The number of aliphatic hydroxyl groups is 3. The minimum atomic E-state index is 0.0972. The van der Waals surface area contributed by atoms with Crippen molar-refractivity contribution >= 4 is 0 Å². The molecule has 0 saturated carbocycles. The molecule has 0 fully saturated rings. The lowest BCUT2D eigenvalue weighted by atomic mass is 10.3. The average Bonchev–Trinajstić information content (AvgIpc) is 2.48. The lowest BCUT2D eigenvalue weighted by molar-refractivity contribution is 0.306. The Labute approximate surface area is 114 Å². The first-order valence-corrected chi connectivity index (χ1v) is 5.81. The molecular formula is C12H27N3O4. The topological polar surface area (TPSA) is 159 Å². The molecular weight excluding hydrogens is 250 g/mol. The summed E-state index contributed by atoms with van der Waals surface area (Å²) in [7, 11) is 0. The molecule has 0 radical (unpaired) electrons. The maximum atomic E-state index is 8.63. The minimum Gasteiger partial charge on any atom is -0.508 e. The molecule has 1 rings (SSSR count). The molecule has 0 heterocycles. The van der Waals surface area contributed by atoms with Gasteiger partial charge in [-0.1, -0.05) is 18.2 Å². The Bertz CT molecular complexity index is 210. The van der Waals surface area contributed by atoms with E-state index < -0.39 is 0 Å². The largest absolute Gasteiger partial charge is 0.508 e. The molecule has 0 saturated heterocycles. The summed E-state index contributed by atoms with van der Waals surface area (Å²) in [4.78, 5) is 0. The fourth-order valence-electron chi connectivity index (χ4n) is 0.428. The summed E-state index contributed by atoms with van der Waals surface area (Å²) < 4.78 is 0. The van der Waals surface area contributed by atoms with Crippen LogP contribution < -0.4 is 17.2 Å². The minimum absolute atomic E-state index is 0.0972. The highest BCUT2D eigenvalue weighted by molar-refractivity contribution is 5.18. The third-order valence-electron chi connectivity index (χ3n) is 1.14. The molecule has 7 nitrogen and oxygen atoms in total. The lowest BCUT2D eigenvalue weighted by Gasteiger charge is -1.82. The first kappa shape index (κ1) is 22.9. The van der Waals surface area contributed by atoms with Crippen molar-refractivity contribution in [2.45, 2.75) is 0 Å². The van der Waals surface area contributed by atoms with Gasteiger partial charge >= 0.3 is 0 Å². The Morgan fingerprint density at radius 3 is 1.05 bits per heavy atom. The predicted octanol–water partition coefficient (Wildman–Crippen LogP) is -1.80. The summed E-state index contributed by atoms with van der Waals surface area (Å²) in [5, 5.41) is 31.9. The van der Waals surface area contributed by atoms with Gasteiger partial charge in [-0.2, -0.15) is 0 Å². The number of hydrogen-bond donors (Lipinski definition) is 7. The third kappa shape index (κ3) is 38.3. The number of hydrogen-bond acceptors (Lipinski definition) is 7. The highest BCUT2D eigenvalue weighted by Crippen LogP contribution is 2.02. The normalized spacial score (nSPS) is 7.89. The van der Waals surface area contributed by atoms with Gasteiger partial charge < -0.3 is 37.6 Å². The van der Waals surface area contributed by atoms with Gasteiger partial charge in [-0.15, -0.1) is 0 Å². The van der Waals surface area contributed by atoms with E-state index in [9.17, 15) is 0 Å². The summed E-state index contributed by atoms with van der Waals surface area (Å²) in [6.07, 6.45) is 0. The first-order valence-electron chi connectivity index (χ1n) is 5.81. The number of phenolic OH excluding ortho intramolecular Hbond substituents is 1. The summed E-state index contributed by atoms with van der Waals surface area (Å²) in [5.74, 6) is 0.322. The molecule has 0 aromatic heterocycles. The van der Waals surface area contributed by atoms with Crippen molar-refractivity contribution in [2.24, 2.45) is 17.2 Å². The van der Waals surface area contributed by atoms with E-state index in [4.69, 9.17) is 37.6 Å². The van der Waals surface area contributed by atoms with Crippen LogP contribution in [0, 0.1) is 0 Å². The van der Waals surface area contributed by atoms with E-state index in [1.54, 1.807) is 24.3 Å². The van der Waals surface area contributed by atoms with Gasteiger partial charge in [0.15, 0.2) is 0 Å². The Morgan fingerprint density at radius 1 is 0.684 bits per heavy atom. The SMILES string of the molecule is NCCO.NCCO.NCCO.Oc1ccccc1. The van der Waals surface area contributed by atoms with Crippen molar-refractivity contribution in [3.8, 4) is 5.75 Å². The predicted molar refractivity (Wildman–Crippen MR) is 76.5 cm³/mol. The van der Waals surface area contributed by atoms with Gasteiger partial charge in [0.05, 0.1) is 19.8 Å². The monoisotopic (exact) mass is 277 g/mol. The van der Waals surface area contributed by atoms with E-state index in [-0.39, 0.29) is 19.8 Å². The number of benzene rings is 1. The van der Waals surface area contributed by atoms with Crippen LogP contribution in [0.3, 0.4) is 0 Å². The molecule has 10 N–H and O–H groups in total. The van der Waals surface area contributed by atoms with E-state index in [0.29, 0.717) is 25.4 Å². The van der Waals surface area contributed by atoms with Crippen molar-refractivity contribution in [1.82, 2.24) is 0 Å². The average molecular weight is 277 g/mol. The molecule has 0 amide bonds. The standard InChI is InChI=1S/C6H6O.3C2H7NO/c7-6-4-2-1-3-5-6;3*3-1-2-4/h1-5,7H;3*4H,1-3H2. The zero-order valence-electron chi connectivity index (χ0n) is 11.2. The van der Waals surface area contributed by atoms with Crippen molar-refractivity contribution in [3.05, 3.63) is 30.3 Å². The lowest BCUT2D eigenvalue weighted by Crippen LogP contribution is -2.02. The van der Waals surface area contributed by atoms with Gasteiger partial charge in [0, 0.05) is 19.6 Å². The summed E-state index contributed by atoms with van der Waals surface area (Å²) >= 11 is 0. The van der Waals surface area contributed by atoms with Crippen LogP contribution in [-0.2, 0) is 0 Å². The van der Waals surface area contributed by atoms with E-state index in [1.807, 2.05) is 6.07 Å². The Hall–Kier alpha value is -1.22. The summed E-state index contributed by atoms with van der Waals surface area (Å²) in [6, 6.07) is 8.71.